The predicted octanol–water partition coefficient (Wildman–Crippen LogP) is 3.62. The van der Waals surface area contributed by atoms with Gasteiger partial charge in [-0.1, -0.05) is 30.1 Å². The maximum absolute atomic E-state index is 11.7. The number of benzene rings is 1. The number of hydrogen-bond donors (Lipinski definition) is 1. The SMILES string of the molecule is CCCNC(=O)[C@@H]1C[C@H]1c1cc(Cl)cc(Cl)c1. The van der Waals surface area contributed by atoms with Gasteiger partial charge in [-0.2, -0.15) is 0 Å². The third-order valence-electron chi connectivity index (χ3n) is 2.99. The van der Waals surface area contributed by atoms with Crippen molar-refractivity contribution in [1.82, 2.24) is 5.32 Å². The first-order chi connectivity index (χ1) is 8.11. The van der Waals surface area contributed by atoms with Crippen LogP contribution in [0, 0.1) is 5.92 Å². The van der Waals surface area contributed by atoms with Crippen molar-refractivity contribution in [2.24, 2.45) is 5.92 Å². The molecular weight excluding hydrogens is 257 g/mol. The fourth-order valence-electron chi connectivity index (χ4n) is 2.02. The van der Waals surface area contributed by atoms with E-state index in [9.17, 15) is 4.79 Å². The summed E-state index contributed by atoms with van der Waals surface area (Å²) < 4.78 is 0. The molecule has 0 radical (unpaired) electrons. The zero-order valence-corrected chi connectivity index (χ0v) is 11.2. The zero-order chi connectivity index (χ0) is 12.4. The van der Waals surface area contributed by atoms with Crippen molar-refractivity contribution >= 4 is 29.1 Å². The molecule has 0 aromatic heterocycles. The molecule has 0 heterocycles. The lowest BCUT2D eigenvalue weighted by Gasteiger charge is -2.04. The topological polar surface area (TPSA) is 29.1 Å². The van der Waals surface area contributed by atoms with Gasteiger partial charge in [0.05, 0.1) is 0 Å². The summed E-state index contributed by atoms with van der Waals surface area (Å²) >= 11 is 11.9. The van der Waals surface area contributed by atoms with Crippen LogP contribution in [0.3, 0.4) is 0 Å². The first-order valence-corrected chi connectivity index (χ1v) is 6.61. The highest BCUT2D eigenvalue weighted by Crippen LogP contribution is 2.48. The molecule has 2 atom stereocenters. The molecule has 0 spiro atoms. The lowest BCUT2D eigenvalue weighted by molar-refractivity contribution is -0.122. The van der Waals surface area contributed by atoms with Crippen molar-refractivity contribution in [1.29, 1.82) is 0 Å². The molecule has 1 fully saturated rings. The molecule has 1 saturated carbocycles. The molecule has 0 saturated heterocycles. The van der Waals surface area contributed by atoms with Crippen LogP contribution in [-0.2, 0) is 4.79 Å². The van der Waals surface area contributed by atoms with Crippen molar-refractivity contribution < 1.29 is 4.79 Å². The molecule has 1 aliphatic carbocycles. The van der Waals surface area contributed by atoms with Crippen molar-refractivity contribution in [2.75, 3.05) is 6.54 Å². The van der Waals surface area contributed by atoms with E-state index >= 15 is 0 Å². The van der Waals surface area contributed by atoms with E-state index in [1.165, 1.54) is 0 Å². The summed E-state index contributed by atoms with van der Waals surface area (Å²) in [5.74, 6) is 0.520. The summed E-state index contributed by atoms with van der Waals surface area (Å²) in [6, 6.07) is 5.50. The molecule has 1 aromatic carbocycles. The Morgan fingerprint density at radius 3 is 2.59 bits per heavy atom. The summed E-state index contributed by atoms with van der Waals surface area (Å²) in [5, 5.41) is 4.18. The Kier molecular flexibility index (Phi) is 3.95. The summed E-state index contributed by atoms with van der Waals surface area (Å²) in [6.07, 6.45) is 1.86. The van der Waals surface area contributed by atoms with E-state index in [-0.39, 0.29) is 17.7 Å². The van der Waals surface area contributed by atoms with Crippen LogP contribution in [0.5, 0.6) is 0 Å². The van der Waals surface area contributed by atoms with Crippen LogP contribution in [0.2, 0.25) is 10.0 Å². The van der Waals surface area contributed by atoms with E-state index < -0.39 is 0 Å². The minimum atomic E-state index is 0.0936. The molecular formula is C13H15Cl2NO. The van der Waals surface area contributed by atoms with Crippen LogP contribution in [0.15, 0.2) is 18.2 Å². The van der Waals surface area contributed by atoms with Gasteiger partial charge in [-0.05, 0) is 42.5 Å². The Balaban J connectivity index is 2.00. The highest BCUT2D eigenvalue weighted by molar-refractivity contribution is 6.34. The standard InChI is InChI=1S/C13H15Cl2NO/c1-2-3-16-13(17)12-7-11(12)8-4-9(14)6-10(15)5-8/h4-6,11-12H,2-3,7H2,1H3,(H,16,17)/t11-,12+/m0/s1. The third kappa shape index (κ3) is 3.14. The number of amides is 1. The number of carbonyl (C=O) groups is 1. The van der Waals surface area contributed by atoms with Crippen LogP contribution in [0.1, 0.15) is 31.2 Å². The van der Waals surface area contributed by atoms with Crippen molar-refractivity contribution in [2.45, 2.75) is 25.7 Å². The fraction of sp³-hybridized carbons (Fsp3) is 0.462. The second kappa shape index (κ2) is 5.28. The van der Waals surface area contributed by atoms with Crippen LogP contribution in [-0.4, -0.2) is 12.5 Å². The first kappa shape index (κ1) is 12.7. The molecule has 17 heavy (non-hydrogen) atoms. The van der Waals surface area contributed by atoms with E-state index in [2.05, 4.69) is 5.32 Å². The van der Waals surface area contributed by atoms with E-state index in [1.54, 1.807) is 6.07 Å². The number of carbonyl (C=O) groups excluding carboxylic acids is 1. The van der Waals surface area contributed by atoms with Gasteiger partial charge in [-0.25, -0.2) is 0 Å². The van der Waals surface area contributed by atoms with Crippen molar-refractivity contribution in [3.8, 4) is 0 Å². The van der Waals surface area contributed by atoms with Gasteiger partial charge in [0.25, 0.3) is 0 Å². The molecule has 0 bridgehead atoms. The molecule has 0 aliphatic heterocycles. The highest BCUT2D eigenvalue weighted by atomic mass is 35.5. The molecule has 1 aromatic rings. The van der Waals surface area contributed by atoms with E-state index in [1.807, 2.05) is 19.1 Å². The monoisotopic (exact) mass is 271 g/mol. The predicted molar refractivity (Wildman–Crippen MR) is 70.6 cm³/mol. The van der Waals surface area contributed by atoms with Gasteiger partial charge in [-0.3, -0.25) is 4.79 Å². The molecule has 0 unspecified atom stereocenters. The Hall–Kier alpha value is -0.730. The smallest absolute Gasteiger partial charge is 0.223 e. The summed E-state index contributed by atoms with van der Waals surface area (Å²) in [6.45, 7) is 2.79. The van der Waals surface area contributed by atoms with E-state index in [0.29, 0.717) is 10.0 Å². The van der Waals surface area contributed by atoms with Gasteiger partial charge in [0.15, 0.2) is 0 Å². The van der Waals surface area contributed by atoms with E-state index in [4.69, 9.17) is 23.2 Å². The molecule has 1 amide bonds. The highest BCUT2D eigenvalue weighted by Gasteiger charge is 2.43. The summed E-state index contributed by atoms with van der Waals surface area (Å²) in [4.78, 5) is 11.7. The lowest BCUT2D eigenvalue weighted by atomic mass is 10.1. The average Bonchev–Trinajstić information content (AvgIpc) is 3.04. The molecule has 92 valence electrons. The van der Waals surface area contributed by atoms with Crippen LogP contribution in [0.25, 0.3) is 0 Å². The molecule has 4 heteroatoms. The summed E-state index contributed by atoms with van der Waals surface area (Å²) in [7, 11) is 0. The number of nitrogens with one attached hydrogen (secondary N) is 1. The van der Waals surface area contributed by atoms with Gasteiger partial charge in [0.1, 0.15) is 0 Å². The second-order valence-corrected chi connectivity index (χ2v) is 5.32. The van der Waals surface area contributed by atoms with Crippen molar-refractivity contribution in [3.05, 3.63) is 33.8 Å². The van der Waals surface area contributed by atoms with E-state index in [0.717, 1.165) is 24.9 Å². The number of rotatable bonds is 4. The minimum absolute atomic E-state index is 0.0936. The van der Waals surface area contributed by atoms with Crippen molar-refractivity contribution in [3.63, 3.8) is 0 Å². The molecule has 1 aliphatic rings. The van der Waals surface area contributed by atoms with Crippen LogP contribution >= 0.6 is 23.2 Å². The average molecular weight is 272 g/mol. The normalized spacial score (nSPS) is 22.3. The zero-order valence-electron chi connectivity index (χ0n) is 9.67. The van der Waals surface area contributed by atoms with Gasteiger partial charge in [-0.15, -0.1) is 0 Å². The van der Waals surface area contributed by atoms with Gasteiger partial charge in [0.2, 0.25) is 5.91 Å². The number of hydrogen-bond acceptors (Lipinski definition) is 1. The summed E-state index contributed by atoms with van der Waals surface area (Å²) in [5.41, 5.74) is 1.07. The van der Waals surface area contributed by atoms with Gasteiger partial charge in [0, 0.05) is 22.5 Å². The Labute approximate surface area is 111 Å². The lowest BCUT2D eigenvalue weighted by Crippen LogP contribution is -2.25. The second-order valence-electron chi connectivity index (χ2n) is 4.44. The fourth-order valence-corrected chi connectivity index (χ4v) is 2.56. The van der Waals surface area contributed by atoms with Gasteiger partial charge < -0.3 is 5.32 Å². The quantitative estimate of drug-likeness (QED) is 0.891. The van der Waals surface area contributed by atoms with Gasteiger partial charge >= 0.3 is 0 Å². The molecule has 2 rings (SSSR count). The third-order valence-corrected chi connectivity index (χ3v) is 3.43. The van der Waals surface area contributed by atoms with Crippen LogP contribution in [0.4, 0.5) is 0 Å². The maximum Gasteiger partial charge on any atom is 0.223 e. The largest absolute Gasteiger partial charge is 0.356 e. The Morgan fingerprint density at radius 2 is 2.00 bits per heavy atom. The Bertz CT molecular complexity index is 413. The first-order valence-electron chi connectivity index (χ1n) is 5.85. The number of halogens is 2. The molecule has 1 N–H and O–H groups in total. The minimum Gasteiger partial charge on any atom is -0.356 e. The van der Waals surface area contributed by atoms with Crippen LogP contribution < -0.4 is 5.32 Å². The maximum atomic E-state index is 11.7. The molecule has 2 nitrogen and oxygen atoms in total. The Morgan fingerprint density at radius 1 is 1.35 bits per heavy atom.